The Morgan fingerprint density at radius 3 is 2.48 bits per heavy atom. The summed E-state index contributed by atoms with van der Waals surface area (Å²) in [4.78, 5) is 4.91. The molecule has 168 valence electrons. The Morgan fingerprint density at radius 2 is 1.82 bits per heavy atom. The second-order valence-corrected chi connectivity index (χ2v) is 9.52. The van der Waals surface area contributed by atoms with E-state index in [1.807, 2.05) is 4.57 Å². The Labute approximate surface area is 189 Å². The quantitative estimate of drug-likeness (QED) is 0.398. The van der Waals surface area contributed by atoms with E-state index in [2.05, 4.69) is 15.8 Å². The number of ether oxygens (including phenoxy) is 1. The zero-order valence-corrected chi connectivity index (χ0v) is 18.4. The lowest BCUT2D eigenvalue weighted by molar-refractivity contribution is -0.0504. The Morgan fingerprint density at radius 1 is 1.09 bits per heavy atom. The molecular formula is C24H19F2N3O3S. The van der Waals surface area contributed by atoms with Gasteiger partial charge in [0.15, 0.2) is 9.84 Å². The topological polar surface area (TPSA) is 85.0 Å². The van der Waals surface area contributed by atoms with Crippen LogP contribution in [0.3, 0.4) is 0 Å². The van der Waals surface area contributed by atoms with Gasteiger partial charge in [-0.3, -0.25) is 0 Å². The second kappa shape index (κ2) is 9.00. The monoisotopic (exact) mass is 467 g/mol. The molecule has 9 heteroatoms. The van der Waals surface area contributed by atoms with Crippen molar-refractivity contribution in [3.63, 3.8) is 0 Å². The molecule has 0 saturated carbocycles. The van der Waals surface area contributed by atoms with E-state index in [0.29, 0.717) is 34.4 Å². The molecule has 4 rings (SSSR count). The fraction of sp³-hybridized carbons (Fsp3) is 0.167. The molecule has 33 heavy (non-hydrogen) atoms. The van der Waals surface area contributed by atoms with Crippen LogP contribution in [-0.2, 0) is 22.8 Å². The molecule has 0 aliphatic rings. The average molecular weight is 467 g/mol. The highest BCUT2D eigenvalue weighted by molar-refractivity contribution is 7.90. The first-order valence-electron chi connectivity index (χ1n) is 9.95. The second-order valence-electron chi connectivity index (χ2n) is 7.51. The molecule has 0 atom stereocenters. The van der Waals surface area contributed by atoms with Crippen molar-refractivity contribution >= 4 is 20.9 Å². The number of benzene rings is 3. The summed E-state index contributed by atoms with van der Waals surface area (Å²) in [7, 11) is -3.31. The van der Waals surface area contributed by atoms with E-state index < -0.39 is 16.4 Å². The fourth-order valence-corrected chi connectivity index (χ4v) is 4.24. The number of halogens is 2. The van der Waals surface area contributed by atoms with Crippen molar-refractivity contribution in [3.05, 3.63) is 89.2 Å². The average Bonchev–Trinajstić information content (AvgIpc) is 3.10. The van der Waals surface area contributed by atoms with Gasteiger partial charge in [0.2, 0.25) is 0 Å². The summed E-state index contributed by atoms with van der Waals surface area (Å²) < 4.78 is 55.8. The van der Waals surface area contributed by atoms with Gasteiger partial charge < -0.3 is 9.30 Å². The highest BCUT2D eigenvalue weighted by Crippen LogP contribution is 2.26. The maximum Gasteiger partial charge on any atom is 0.387 e. The number of nitrogens with zero attached hydrogens (tertiary/aromatic N) is 3. The van der Waals surface area contributed by atoms with Crippen LogP contribution in [0, 0.1) is 11.3 Å². The van der Waals surface area contributed by atoms with Crippen LogP contribution in [0.15, 0.2) is 71.6 Å². The lowest BCUT2D eigenvalue weighted by Gasteiger charge is -2.14. The normalized spacial score (nSPS) is 11.6. The molecule has 0 spiro atoms. The van der Waals surface area contributed by atoms with Crippen LogP contribution in [0.25, 0.3) is 11.0 Å². The zero-order chi connectivity index (χ0) is 23.6. The lowest BCUT2D eigenvalue weighted by atomic mass is 10.1. The van der Waals surface area contributed by atoms with Gasteiger partial charge in [-0.25, -0.2) is 13.4 Å². The first-order chi connectivity index (χ1) is 15.7. The maximum atomic E-state index is 12.9. The van der Waals surface area contributed by atoms with Crippen LogP contribution in [0.1, 0.15) is 22.5 Å². The van der Waals surface area contributed by atoms with Crippen molar-refractivity contribution in [2.75, 3.05) is 6.26 Å². The van der Waals surface area contributed by atoms with E-state index in [1.54, 1.807) is 48.5 Å². The van der Waals surface area contributed by atoms with Crippen molar-refractivity contribution in [1.82, 2.24) is 9.55 Å². The van der Waals surface area contributed by atoms with Crippen LogP contribution < -0.4 is 4.74 Å². The van der Waals surface area contributed by atoms with Gasteiger partial charge in [0, 0.05) is 18.2 Å². The van der Waals surface area contributed by atoms with Gasteiger partial charge in [-0.05, 0) is 42.0 Å². The molecular weight excluding hydrogens is 448 g/mol. The van der Waals surface area contributed by atoms with E-state index in [1.165, 1.54) is 18.2 Å². The standard InChI is InChI=1S/C24H19F2N3O3S/c1-33(30,31)19-9-6-16(7-10-19)13-23-28-20-11-8-17(14-27)12-21(20)29(23)15-18-4-2-3-5-22(18)32-24(25)26/h2-12,24H,13,15H2,1H3. The number of imidazole rings is 1. The third kappa shape index (κ3) is 5.02. The van der Waals surface area contributed by atoms with Crippen LogP contribution in [0.2, 0.25) is 0 Å². The SMILES string of the molecule is CS(=O)(=O)c1ccc(Cc2nc3ccc(C#N)cc3n2Cc2ccccc2OC(F)F)cc1. The molecule has 0 amide bonds. The number of sulfone groups is 1. The predicted octanol–water partition coefficient (Wildman–Crippen LogP) is 4.55. The van der Waals surface area contributed by atoms with Gasteiger partial charge in [-0.1, -0.05) is 30.3 Å². The molecule has 0 bridgehead atoms. The molecule has 0 unspecified atom stereocenters. The summed E-state index contributed by atoms with van der Waals surface area (Å²) in [5.41, 5.74) is 3.15. The summed E-state index contributed by atoms with van der Waals surface area (Å²) in [5, 5.41) is 9.32. The number of fused-ring (bicyclic) bond motifs is 1. The van der Waals surface area contributed by atoms with E-state index in [0.717, 1.165) is 11.8 Å². The first kappa shape index (κ1) is 22.4. The first-order valence-corrected chi connectivity index (χ1v) is 11.8. The largest absolute Gasteiger partial charge is 0.434 e. The molecule has 0 N–H and O–H groups in total. The molecule has 0 radical (unpaired) electrons. The molecule has 4 aromatic rings. The number of nitriles is 1. The minimum Gasteiger partial charge on any atom is -0.434 e. The molecule has 0 aliphatic carbocycles. The highest BCUT2D eigenvalue weighted by atomic mass is 32.2. The summed E-state index contributed by atoms with van der Waals surface area (Å²) >= 11 is 0. The van der Waals surface area contributed by atoms with Crippen LogP contribution in [-0.4, -0.2) is 30.8 Å². The van der Waals surface area contributed by atoms with Crippen molar-refractivity contribution in [3.8, 4) is 11.8 Å². The molecule has 0 saturated heterocycles. The molecule has 0 fully saturated rings. The van der Waals surface area contributed by atoms with Crippen molar-refractivity contribution < 1.29 is 21.9 Å². The van der Waals surface area contributed by atoms with Gasteiger partial charge in [-0.15, -0.1) is 0 Å². The molecule has 3 aromatic carbocycles. The molecule has 0 aliphatic heterocycles. The minimum atomic E-state index is -3.31. The third-order valence-corrected chi connectivity index (χ3v) is 6.32. The number of aromatic nitrogens is 2. The Kier molecular flexibility index (Phi) is 6.11. The van der Waals surface area contributed by atoms with Crippen molar-refractivity contribution in [2.45, 2.75) is 24.5 Å². The van der Waals surface area contributed by atoms with Gasteiger partial charge in [0.05, 0.1) is 34.1 Å². The minimum absolute atomic E-state index is 0.0641. The van der Waals surface area contributed by atoms with Crippen molar-refractivity contribution in [1.29, 1.82) is 5.26 Å². The van der Waals surface area contributed by atoms with Crippen molar-refractivity contribution in [2.24, 2.45) is 0 Å². The van der Waals surface area contributed by atoms with E-state index in [9.17, 15) is 22.5 Å². The number of para-hydroxylation sites is 1. The summed E-state index contributed by atoms with van der Waals surface area (Å²) in [5.74, 6) is 0.702. The highest BCUT2D eigenvalue weighted by Gasteiger charge is 2.16. The zero-order valence-electron chi connectivity index (χ0n) is 17.6. The number of hydrogen-bond donors (Lipinski definition) is 0. The Bertz CT molecular complexity index is 1460. The third-order valence-electron chi connectivity index (χ3n) is 5.19. The summed E-state index contributed by atoms with van der Waals surface area (Å²) in [6.45, 7) is -2.76. The maximum absolute atomic E-state index is 12.9. The van der Waals surface area contributed by atoms with E-state index in [-0.39, 0.29) is 17.2 Å². The molecule has 6 nitrogen and oxygen atoms in total. The van der Waals surface area contributed by atoms with Gasteiger partial charge in [0.25, 0.3) is 0 Å². The summed E-state index contributed by atoms with van der Waals surface area (Å²) in [6, 6.07) is 20.2. The lowest BCUT2D eigenvalue weighted by Crippen LogP contribution is -2.10. The van der Waals surface area contributed by atoms with Gasteiger partial charge in [-0.2, -0.15) is 14.0 Å². The number of hydrogen-bond acceptors (Lipinski definition) is 5. The van der Waals surface area contributed by atoms with Crippen LogP contribution in [0.4, 0.5) is 8.78 Å². The summed E-state index contributed by atoms with van der Waals surface area (Å²) in [6.07, 6.45) is 1.52. The number of alkyl halides is 2. The van der Waals surface area contributed by atoms with E-state index in [4.69, 9.17) is 0 Å². The van der Waals surface area contributed by atoms with Crippen LogP contribution >= 0.6 is 0 Å². The molecule has 1 aromatic heterocycles. The Balaban J connectivity index is 1.78. The predicted molar refractivity (Wildman–Crippen MR) is 119 cm³/mol. The van der Waals surface area contributed by atoms with E-state index >= 15 is 0 Å². The van der Waals surface area contributed by atoms with Crippen LogP contribution in [0.5, 0.6) is 5.75 Å². The van der Waals surface area contributed by atoms with Gasteiger partial charge in [0.1, 0.15) is 11.6 Å². The molecule has 1 heterocycles. The number of rotatable bonds is 7. The smallest absolute Gasteiger partial charge is 0.387 e. The Hall–Kier alpha value is -3.77. The fourth-order valence-electron chi connectivity index (χ4n) is 3.61. The van der Waals surface area contributed by atoms with Gasteiger partial charge >= 0.3 is 6.61 Å².